The summed E-state index contributed by atoms with van der Waals surface area (Å²) in [5.41, 5.74) is 0. The van der Waals surface area contributed by atoms with Crippen LogP contribution in [0.2, 0.25) is 0 Å². The maximum atomic E-state index is 8.36. The van der Waals surface area contributed by atoms with Crippen molar-refractivity contribution in [3.63, 3.8) is 0 Å². The van der Waals surface area contributed by atoms with Crippen molar-refractivity contribution in [1.29, 1.82) is 0 Å². The molecule has 0 aromatic carbocycles. The predicted octanol–water partition coefficient (Wildman–Crippen LogP) is -7.04. The summed E-state index contributed by atoms with van der Waals surface area (Å²) in [5.74, 6) is 0. The first kappa shape index (κ1) is 39.5. The van der Waals surface area contributed by atoms with Gasteiger partial charge in [0.05, 0.1) is 0 Å². The summed E-state index contributed by atoms with van der Waals surface area (Å²) in [5, 5.41) is 27.3. The molecule has 0 aliphatic carbocycles. The quantitative estimate of drug-likeness (QED) is 0.222. The Labute approximate surface area is 110 Å². The molecular weight excluding hydrogens is 202 g/mol. The van der Waals surface area contributed by atoms with Crippen LogP contribution in [0.3, 0.4) is 0 Å². The van der Waals surface area contributed by atoms with Crippen LogP contribution in [0.1, 0.15) is 0 Å². The van der Waals surface area contributed by atoms with Crippen LogP contribution in [0.15, 0.2) is 0 Å². The normalized spacial score (nSPS) is 4.00. The molecule has 0 aliphatic rings. The molecule has 0 unspecified atom stereocenters. The van der Waals surface area contributed by atoms with Crippen LogP contribution in [0.5, 0.6) is 0 Å². The molecule has 0 amide bonds. The zero-order valence-electron chi connectivity index (χ0n) is 6.32. The fourth-order valence-corrected chi connectivity index (χ4v) is 0. The van der Waals surface area contributed by atoms with E-state index < -0.39 is 10.2 Å². The summed E-state index contributed by atoms with van der Waals surface area (Å²) in [4.78, 5) is 16.7. The van der Waals surface area contributed by atoms with Gasteiger partial charge in [0, 0.05) is 0 Å². The molecule has 64 valence electrons. The van der Waals surface area contributed by atoms with Gasteiger partial charge >= 0.3 is 59.1 Å². The van der Waals surface area contributed by atoms with Gasteiger partial charge < -0.3 is 21.4 Å². The van der Waals surface area contributed by atoms with Gasteiger partial charge in [0.1, 0.15) is 0 Å². The van der Waals surface area contributed by atoms with Crippen molar-refractivity contribution >= 4 is 0 Å². The van der Waals surface area contributed by atoms with Gasteiger partial charge in [-0.05, 0) is 0 Å². The van der Waals surface area contributed by atoms with Crippen LogP contribution >= 0.6 is 0 Å². The molecule has 0 rings (SSSR count). The summed E-state index contributed by atoms with van der Waals surface area (Å²) >= 11 is 0. The minimum atomic E-state index is -1.50. The largest absolute Gasteiger partial charge is 1.00 e. The molecule has 0 spiro atoms. The van der Waals surface area contributed by atoms with E-state index in [1.165, 1.54) is 0 Å². The van der Waals surface area contributed by atoms with Gasteiger partial charge in [0.25, 0.3) is 10.2 Å². The van der Waals surface area contributed by atoms with Gasteiger partial charge in [0.15, 0.2) is 0 Å². The van der Waals surface area contributed by atoms with Crippen LogP contribution in [-0.4, -0.2) is 31.5 Å². The molecular formula is H4N2Na2O8. The van der Waals surface area contributed by atoms with Crippen molar-refractivity contribution < 1.29 is 90.7 Å². The third kappa shape index (κ3) is 8750. The monoisotopic (exact) mass is 206 g/mol. The van der Waals surface area contributed by atoms with Crippen molar-refractivity contribution in [2.24, 2.45) is 0 Å². The maximum absolute atomic E-state index is 8.36. The SMILES string of the molecule is O=[N+]([O-])O.O=[N+]([O-])O.[Na+].[Na+].[OH-].[OH-]. The first-order chi connectivity index (χ1) is 3.46. The first-order valence-electron chi connectivity index (χ1n) is 1.13. The van der Waals surface area contributed by atoms with Crippen molar-refractivity contribution in [3.05, 3.63) is 20.2 Å². The maximum Gasteiger partial charge on any atom is 1.00 e. The van der Waals surface area contributed by atoms with Crippen LogP contribution in [0.4, 0.5) is 0 Å². The van der Waals surface area contributed by atoms with E-state index in [0.717, 1.165) is 0 Å². The third-order valence-electron chi connectivity index (χ3n) is 0. The Kier molecular flexibility index (Phi) is 99.4. The Morgan fingerprint density at radius 3 is 0.833 bits per heavy atom. The van der Waals surface area contributed by atoms with Crippen LogP contribution < -0.4 is 59.1 Å². The van der Waals surface area contributed by atoms with E-state index in [1.807, 2.05) is 0 Å². The van der Waals surface area contributed by atoms with E-state index >= 15 is 0 Å². The van der Waals surface area contributed by atoms with Crippen molar-refractivity contribution in [3.8, 4) is 0 Å². The van der Waals surface area contributed by atoms with Gasteiger partial charge in [-0.1, -0.05) is 0 Å². The van der Waals surface area contributed by atoms with E-state index in [2.05, 4.69) is 0 Å². The number of nitrogens with zero attached hydrogens (tertiary/aromatic N) is 2. The molecule has 0 heterocycles. The summed E-state index contributed by atoms with van der Waals surface area (Å²) in [7, 11) is 0. The average molecular weight is 206 g/mol. The molecule has 0 aromatic heterocycles. The zero-order valence-corrected chi connectivity index (χ0v) is 10.3. The zero-order chi connectivity index (χ0) is 7.15. The number of hydrogen-bond donors (Lipinski definition) is 2. The predicted molar refractivity (Wildman–Crippen MR) is 21.4 cm³/mol. The Morgan fingerprint density at radius 1 is 0.833 bits per heavy atom. The molecule has 0 bridgehead atoms. The van der Waals surface area contributed by atoms with E-state index in [4.69, 9.17) is 30.6 Å². The van der Waals surface area contributed by atoms with E-state index in [-0.39, 0.29) is 70.1 Å². The Balaban J connectivity index is -0.0000000112. The van der Waals surface area contributed by atoms with Gasteiger partial charge in [-0.15, -0.1) is 20.2 Å². The molecule has 12 heteroatoms. The van der Waals surface area contributed by atoms with E-state index in [0.29, 0.717) is 0 Å². The van der Waals surface area contributed by atoms with Crippen LogP contribution in [0, 0.1) is 20.2 Å². The van der Waals surface area contributed by atoms with Crippen molar-refractivity contribution in [1.82, 2.24) is 0 Å². The molecule has 0 radical (unpaired) electrons. The van der Waals surface area contributed by atoms with Crippen molar-refractivity contribution in [2.45, 2.75) is 0 Å². The Bertz CT molecular complexity index is 73.1. The molecule has 0 saturated carbocycles. The summed E-state index contributed by atoms with van der Waals surface area (Å²) < 4.78 is 0. The smallest absolute Gasteiger partial charge is 0.870 e. The molecule has 12 heavy (non-hydrogen) atoms. The molecule has 10 nitrogen and oxygen atoms in total. The van der Waals surface area contributed by atoms with Crippen LogP contribution in [-0.2, 0) is 0 Å². The topological polar surface area (TPSA) is 187 Å². The number of hydrogen-bond acceptors (Lipinski definition) is 6. The first-order valence-corrected chi connectivity index (χ1v) is 1.13. The van der Waals surface area contributed by atoms with Crippen molar-refractivity contribution in [2.75, 3.05) is 0 Å². The summed E-state index contributed by atoms with van der Waals surface area (Å²) in [6, 6.07) is 0. The van der Waals surface area contributed by atoms with Gasteiger partial charge in [-0.2, -0.15) is 0 Å². The summed E-state index contributed by atoms with van der Waals surface area (Å²) in [6.45, 7) is 0. The molecule has 0 fully saturated rings. The minimum Gasteiger partial charge on any atom is -0.870 e. The summed E-state index contributed by atoms with van der Waals surface area (Å²) in [6.07, 6.45) is 0. The van der Waals surface area contributed by atoms with Gasteiger partial charge in [-0.25, -0.2) is 0 Å². The second-order valence-corrected chi connectivity index (χ2v) is 0.476. The fourth-order valence-electron chi connectivity index (χ4n) is 0. The number of rotatable bonds is 0. The second kappa shape index (κ2) is 30.2. The molecule has 0 aliphatic heterocycles. The average Bonchev–Trinajstić information content (AvgIpc) is 1.25. The third-order valence-corrected chi connectivity index (χ3v) is 0. The van der Waals surface area contributed by atoms with Gasteiger partial charge in [0.2, 0.25) is 0 Å². The molecule has 0 saturated heterocycles. The molecule has 0 atom stereocenters. The standard InChI is InChI=1S/2HNO3.2Na.2H2O/c2*2-1(3)4;;;;/h2*(H,2,3,4);;;2*1H2/q;;2*+1;;/p-2. The van der Waals surface area contributed by atoms with E-state index in [9.17, 15) is 0 Å². The Hall–Kier alpha value is 0.320. The Morgan fingerprint density at radius 2 is 0.833 bits per heavy atom. The molecule has 4 N–H and O–H groups in total. The van der Waals surface area contributed by atoms with E-state index in [1.54, 1.807) is 0 Å². The molecule has 0 aromatic rings. The fraction of sp³-hybridized carbons (Fsp3) is 0. The van der Waals surface area contributed by atoms with Gasteiger partial charge in [-0.3, -0.25) is 0 Å². The van der Waals surface area contributed by atoms with Crippen LogP contribution in [0.25, 0.3) is 0 Å². The minimum absolute atomic E-state index is 0. The second-order valence-electron chi connectivity index (χ2n) is 0.476.